The highest BCUT2D eigenvalue weighted by atomic mass is 32.2. The second-order valence-corrected chi connectivity index (χ2v) is 8.87. The largest absolute Gasteiger partial charge is 0.357 e. The smallest absolute Gasteiger partial charge is 0.191 e. The lowest BCUT2D eigenvalue weighted by Gasteiger charge is -2.32. The Morgan fingerprint density at radius 1 is 1.16 bits per heavy atom. The summed E-state index contributed by atoms with van der Waals surface area (Å²) in [5.41, 5.74) is 1.13. The molecule has 1 saturated carbocycles. The van der Waals surface area contributed by atoms with Crippen LogP contribution in [0.2, 0.25) is 0 Å². The number of hydrogen-bond donors (Lipinski definition) is 2. The van der Waals surface area contributed by atoms with Gasteiger partial charge in [-0.1, -0.05) is 44.2 Å². The zero-order valence-electron chi connectivity index (χ0n) is 15.8. The quantitative estimate of drug-likeness (QED) is 0.577. The number of rotatable bonds is 7. The summed E-state index contributed by atoms with van der Waals surface area (Å²) >= 11 is 0. The normalized spacial score (nSPS) is 25.4. The molecule has 3 atom stereocenters. The molecule has 2 N–H and O–H groups in total. The van der Waals surface area contributed by atoms with Crippen LogP contribution in [0.4, 0.5) is 0 Å². The van der Waals surface area contributed by atoms with Crippen molar-refractivity contribution in [1.82, 2.24) is 10.6 Å². The number of nitrogens with zero attached hydrogens (tertiary/aromatic N) is 1. The molecule has 0 spiro atoms. The van der Waals surface area contributed by atoms with E-state index in [1.54, 1.807) is 0 Å². The molecular weight excluding hydrogens is 330 g/mol. The zero-order chi connectivity index (χ0) is 18.1. The van der Waals surface area contributed by atoms with Gasteiger partial charge in [0.1, 0.15) is 0 Å². The lowest BCUT2D eigenvalue weighted by Crippen LogP contribution is -2.46. The first kappa shape index (κ1) is 20.0. The van der Waals surface area contributed by atoms with Gasteiger partial charge in [0, 0.05) is 34.9 Å². The molecule has 1 fully saturated rings. The van der Waals surface area contributed by atoms with Gasteiger partial charge in [-0.3, -0.25) is 9.20 Å². The second kappa shape index (κ2) is 10.6. The number of benzene rings is 1. The summed E-state index contributed by atoms with van der Waals surface area (Å²) in [6, 6.07) is 10.5. The first-order valence-corrected chi connectivity index (χ1v) is 11.0. The van der Waals surface area contributed by atoms with E-state index < -0.39 is 10.8 Å². The molecule has 0 saturated heterocycles. The first-order chi connectivity index (χ1) is 12.1. The molecule has 5 heteroatoms. The van der Waals surface area contributed by atoms with Gasteiger partial charge in [-0.2, -0.15) is 0 Å². The minimum atomic E-state index is -0.872. The van der Waals surface area contributed by atoms with Crippen LogP contribution >= 0.6 is 0 Å². The molecule has 140 valence electrons. The summed E-state index contributed by atoms with van der Waals surface area (Å²) < 4.78 is 12.2. The van der Waals surface area contributed by atoms with Crippen molar-refractivity contribution in [1.29, 1.82) is 0 Å². The summed E-state index contributed by atoms with van der Waals surface area (Å²) in [7, 11) is -0.872. The molecule has 4 nitrogen and oxygen atoms in total. The molecule has 0 aromatic heterocycles. The summed E-state index contributed by atoms with van der Waals surface area (Å²) in [5.74, 6) is 3.61. The van der Waals surface area contributed by atoms with E-state index in [-0.39, 0.29) is 0 Å². The summed E-state index contributed by atoms with van der Waals surface area (Å²) in [5, 5.41) is 6.90. The lowest BCUT2D eigenvalue weighted by molar-refractivity contribution is 0.255. The van der Waals surface area contributed by atoms with E-state index >= 15 is 0 Å². The minimum Gasteiger partial charge on any atom is -0.357 e. The summed E-state index contributed by atoms with van der Waals surface area (Å²) in [6.07, 6.45) is 3.73. The highest BCUT2D eigenvalue weighted by molar-refractivity contribution is 7.84. The van der Waals surface area contributed by atoms with E-state index in [4.69, 9.17) is 0 Å². The molecule has 2 rings (SSSR count). The maximum absolute atomic E-state index is 12.2. The molecular formula is C20H33N3OS. The van der Waals surface area contributed by atoms with Crippen LogP contribution in [-0.4, -0.2) is 35.1 Å². The number of guanidine groups is 1. The van der Waals surface area contributed by atoms with Crippen molar-refractivity contribution in [3.8, 4) is 0 Å². The maximum atomic E-state index is 12.2. The van der Waals surface area contributed by atoms with Crippen LogP contribution in [-0.2, 0) is 16.6 Å². The Hall–Kier alpha value is -1.36. The van der Waals surface area contributed by atoms with Gasteiger partial charge < -0.3 is 10.6 Å². The highest BCUT2D eigenvalue weighted by Gasteiger charge is 2.24. The van der Waals surface area contributed by atoms with E-state index in [9.17, 15) is 4.21 Å². The molecule has 0 amide bonds. The van der Waals surface area contributed by atoms with E-state index in [1.807, 2.05) is 30.3 Å². The van der Waals surface area contributed by atoms with Crippen molar-refractivity contribution in [2.45, 2.75) is 51.8 Å². The molecule has 0 aliphatic heterocycles. The lowest BCUT2D eigenvalue weighted by atomic mass is 9.80. The van der Waals surface area contributed by atoms with E-state index in [2.05, 4.69) is 36.4 Å². The molecule has 0 radical (unpaired) electrons. The highest BCUT2D eigenvalue weighted by Crippen LogP contribution is 2.28. The number of nitrogens with one attached hydrogen (secondary N) is 2. The Morgan fingerprint density at radius 3 is 2.48 bits per heavy atom. The average molecular weight is 364 g/mol. The van der Waals surface area contributed by atoms with E-state index in [0.29, 0.717) is 24.1 Å². The molecule has 0 bridgehead atoms. The summed E-state index contributed by atoms with van der Waals surface area (Å²) in [6.45, 7) is 8.18. The molecule has 25 heavy (non-hydrogen) atoms. The Morgan fingerprint density at radius 2 is 1.84 bits per heavy atom. The van der Waals surface area contributed by atoms with Crippen molar-refractivity contribution < 1.29 is 4.21 Å². The van der Waals surface area contributed by atoms with Gasteiger partial charge in [0.15, 0.2) is 5.96 Å². The molecule has 0 heterocycles. The molecule has 1 aromatic rings. The maximum Gasteiger partial charge on any atom is 0.191 e. The Kier molecular flexibility index (Phi) is 8.45. The van der Waals surface area contributed by atoms with Gasteiger partial charge in [-0.05, 0) is 43.6 Å². The third kappa shape index (κ3) is 7.59. The van der Waals surface area contributed by atoms with Gasteiger partial charge in [0.25, 0.3) is 0 Å². The van der Waals surface area contributed by atoms with Crippen molar-refractivity contribution in [3.05, 3.63) is 35.9 Å². The Bertz CT molecular complexity index is 551. The molecule has 1 aliphatic carbocycles. The van der Waals surface area contributed by atoms with Crippen LogP contribution in [0.3, 0.4) is 0 Å². The van der Waals surface area contributed by atoms with Crippen molar-refractivity contribution >= 4 is 16.8 Å². The van der Waals surface area contributed by atoms with Gasteiger partial charge in [0.2, 0.25) is 0 Å². The van der Waals surface area contributed by atoms with Gasteiger partial charge in [0.05, 0.1) is 6.54 Å². The van der Waals surface area contributed by atoms with E-state index in [1.165, 1.54) is 19.3 Å². The first-order valence-electron chi connectivity index (χ1n) is 9.50. The molecule has 1 aromatic carbocycles. The zero-order valence-corrected chi connectivity index (χ0v) is 16.6. The van der Waals surface area contributed by atoms with Crippen LogP contribution in [0.5, 0.6) is 0 Å². The van der Waals surface area contributed by atoms with Crippen LogP contribution < -0.4 is 10.6 Å². The van der Waals surface area contributed by atoms with Crippen molar-refractivity contribution in [2.24, 2.45) is 16.8 Å². The molecule has 1 aliphatic rings. The Labute approximate surface area is 155 Å². The SMILES string of the molecule is CCNC(=NCCS(=O)Cc1ccccc1)NC1CC(C)CC(C)C1. The fraction of sp³-hybridized carbons (Fsp3) is 0.650. The minimum absolute atomic E-state index is 0.492. The fourth-order valence-corrected chi connectivity index (χ4v) is 4.67. The molecule has 3 unspecified atom stereocenters. The Balaban J connectivity index is 1.81. The van der Waals surface area contributed by atoms with Crippen LogP contribution in [0.25, 0.3) is 0 Å². The topological polar surface area (TPSA) is 53.5 Å². The average Bonchev–Trinajstić information content (AvgIpc) is 2.55. The third-order valence-electron chi connectivity index (χ3n) is 4.62. The standard InChI is InChI=1S/C20H33N3OS/c1-4-21-20(23-19-13-16(2)12-17(3)14-19)22-10-11-25(24)15-18-8-6-5-7-9-18/h5-9,16-17,19H,4,10-15H2,1-3H3,(H2,21,22,23). The van der Waals surface area contributed by atoms with Gasteiger partial charge >= 0.3 is 0 Å². The summed E-state index contributed by atoms with van der Waals surface area (Å²) in [4.78, 5) is 4.64. The fourth-order valence-electron chi connectivity index (χ4n) is 3.67. The predicted octanol–water partition coefficient (Wildman–Crippen LogP) is 3.32. The van der Waals surface area contributed by atoms with Gasteiger partial charge in [-0.25, -0.2) is 0 Å². The van der Waals surface area contributed by atoms with Crippen LogP contribution in [0.15, 0.2) is 35.3 Å². The van der Waals surface area contributed by atoms with Crippen LogP contribution in [0, 0.1) is 11.8 Å². The van der Waals surface area contributed by atoms with Crippen LogP contribution in [0.1, 0.15) is 45.6 Å². The monoisotopic (exact) mass is 363 g/mol. The number of hydrogen-bond acceptors (Lipinski definition) is 2. The van der Waals surface area contributed by atoms with Crippen molar-refractivity contribution in [3.63, 3.8) is 0 Å². The second-order valence-electron chi connectivity index (χ2n) is 7.29. The number of aliphatic imine (C=N–C) groups is 1. The van der Waals surface area contributed by atoms with Gasteiger partial charge in [-0.15, -0.1) is 0 Å². The third-order valence-corrected chi connectivity index (χ3v) is 5.92. The predicted molar refractivity (Wildman–Crippen MR) is 108 cm³/mol. The van der Waals surface area contributed by atoms with Crippen molar-refractivity contribution in [2.75, 3.05) is 18.8 Å². The van der Waals surface area contributed by atoms with E-state index in [0.717, 1.165) is 29.9 Å².